The first-order valence-corrected chi connectivity index (χ1v) is 8.11. The van der Waals surface area contributed by atoms with Crippen molar-refractivity contribution in [1.82, 2.24) is 0 Å². The van der Waals surface area contributed by atoms with Gasteiger partial charge in [0.25, 0.3) is 5.95 Å². The van der Waals surface area contributed by atoms with Crippen molar-refractivity contribution in [3.8, 4) is 17.1 Å². The fourth-order valence-corrected chi connectivity index (χ4v) is 2.88. The normalized spacial score (nSPS) is 10.7. The molecule has 3 heteroatoms. The molecule has 122 valence electrons. The zero-order chi connectivity index (χ0) is 17.1. The minimum atomic E-state index is -0.390. The zero-order valence-corrected chi connectivity index (χ0v) is 13.5. The summed E-state index contributed by atoms with van der Waals surface area (Å²) in [6.07, 6.45) is 0. The Hall–Kier alpha value is -3.33. The third kappa shape index (κ3) is 3.04. The summed E-state index contributed by atoms with van der Waals surface area (Å²) >= 11 is 0. The van der Waals surface area contributed by atoms with E-state index < -0.39 is 5.63 Å². The smallest absolute Gasteiger partial charge is 0.346 e. The van der Waals surface area contributed by atoms with Crippen LogP contribution in [0.25, 0.3) is 21.9 Å². The maximum atomic E-state index is 12.3. The van der Waals surface area contributed by atoms with Crippen LogP contribution in [-0.4, -0.2) is 0 Å². The van der Waals surface area contributed by atoms with E-state index in [9.17, 15) is 4.79 Å². The minimum Gasteiger partial charge on any atom is -0.460 e. The maximum absolute atomic E-state index is 12.3. The molecule has 1 aromatic heterocycles. The van der Waals surface area contributed by atoms with Crippen molar-refractivity contribution >= 4 is 10.8 Å². The van der Waals surface area contributed by atoms with E-state index in [4.69, 9.17) is 9.15 Å². The highest BCUT2D eigenvalue weighted by molar-refractivity contribution is 5.97. The number of rotatable bonds is 4. The van der Waals surface area contributed by atoms with Crippen LogP contribution in [0.1, 0.15) is 5.56 Å². The Morgan fingerprint density at radius 1 is 0.720 bits per heavy atom. The van der Waals surface area contributed by atoms with E-state index in [1.165, 1.54) is 0 Å². The van der Waals surface area contributed by atoms with Crippen LogP contribution in [0.3, 0.4) is 0 Å². The highest BCUT2D eigenvalue weighted by atomic mass is 16.6. The summed E-state index contributed by atoms with van der Waals surface area (Å²) in [5.41, 5.74) is 2.37. The summed E-state index contributed by atoms with van der Waals surface area (Å²) in [7, 11) is 0. The Morgan fingerprint density at radius 2 is 1.32 bits per heavy atom. The fraction of sp³-hybridized carbons (Fsp3) is 0.0455. The van der Waals surface area contributed by atoms with Gasteiger partial charge in [0.15, 0.2) is 0 Å². The van der Waals surface area contributed by atoms with Gasteiger partial charge in [0.1, 0.15) is 6.61 Å². The molecule has 0 bridgehead atoms. The van der Waals surface area contributed by atoms with Gasteiger partial charge in [-0.15, -0.1) is 0 Å². The van der Waals surface area contributed by atoms with E-state index in [1.807, 2.05) is 78.9 Å². The van der Waals surface area contributed by atoms with E-state index in [0.717, 1.165) is 22.1 Å². The maximum Gasteiger partial charge on any atom is 0.346 e. The first kappa shape index (κ1) is 15.2. The van der Waals surface area contributed by atoms with Gasteiger partial charge >= 0.3 is 5.63 Å². The second kappa shape index (κ2) is 6.65. The summed E-state index contributed by atoms with van der Waals surface area (Å²) in [6.45, 7) is 0.335. The lowest BCUT2D eigenvalue weighted by molar-refractivity contribution is 0.224. The Balaban J connectivity index is 1.86. The van der Waals surface area contributed by atoms with Crippen LogP contribution >= 0.6 is 0 Å². The van der Waals surface area contributed by atoms with Crippen molar-refractivity contribution in [1.29, 1.82) is 0 Å². The van der Waals surface area contributed by atoms with Gasteiger partial charge in [-0.25, -0.2) is 4.79 Å². The molecular formula is C22H16O3. The Kier molecular flexibility index (Phi) is 4.05. The van der Waals surface area contributed by atoms with Crippen LogP contribution in [0.5, 0.6) is 5.95 Å². The molecule has 0 aliphatic heterocycles. The van der Waals surface area contributed by atoms with Crippen LogP contribution in [0.4, 0.5) is 0 Å². The molecular weight excluding hydrogens is 312 g/mol. The van der Waals surface area contributed by atoms with E-state index in [-0.39, 0.29) is 5.95 Å². The lowest BCUT2D eigenvalue weighted by Crippen LogP contribution is -2.05. The first-order valence-electron chi connectivity index (χ1n) is 8.11. The number of hydrogen-bond acceptors (Lipinski definition) is 3. The van der Waals surface area contributed by atoms with Gasteiger partial charge in [0, 0.05) is 5.39 Å². The number of benzene rings is 3. The average Bonchev–Trinajstić information content (AvgIpc) is 2.68. The van der Waals surface area contributed by atoms with Crippen molar-refractivity contribution in [3.05, 3.63) is 101 Å². The monoisotopic (exact) mass is 328 g/mol. The van der Waals surface area contributed by atoms with Crippen molar-refractivity contribution in [3.63, 3.8) is 0 Å². The minimum absolute atomic E-state index is 0.249. The molecule has 0 unspecified atom stereocenters. The highest BCUT2D eigenvalue weighted by Gasteiger charge is 2.16. The summed E-state index contributed by atoms with van der Waals surface area (Å²) < 4.78 is 11.4. The molecule has 0 atom stereocenters. The largest absolute Gasteiger partial charge is 0.460 e. The second-order valence-corrected chi connectivity index (χ2v) is 5.74. The van der Waals surface area contributed by atoms with Gasteiger partial charge in [0.05, 0.1) is 10.9 Å². The number of fused-ring (bicyclic) bond motifs is 1. The molecule has 0 saturated heterocycles. The molecule has 3 nitrogen and oxygen atoms in total. The van der Waals surface area contributed by atoms with E-state index in [1.54, 1.807) is 6.07 Å². The molecule has 0 amide bonds. The molecule has 0 fully saturated rings. The summed E-state index contributed by atoms with van der Waals surface area (Å²) in [5, 5.41) is 1.38. The first-order chi connectivity index (χ1) is 12.3. The quantitative estimate of drug-likeness (QED) is 0.527. The molecule has 3 aromatic carbocycles. The molecule has 0 spiro atoms. The van der Waals surface area contributed by atoms with Crippen molar-refractivity contribution in [2.24, 2.45) is 0 Å². The van der Waals surface area contributed by atoms with E-state index >= 15 is 0 Å². The molecule has 0 radical (unpaired) electrons. The number of hydrogen-bond donors (Lipinski definition) is 0. The van der Waals surface area contributed by atoms with Gasteiger partial charge in [0.2, 0.25) is 0 Å². The molecule has 4 aromatic rings. The van der Waals surface area contributed by atoms with Gasteiger partial charge in [-0.2, -0.15) is 0 Å². The van der Waals surface area contributed by atoms with Crippen molar-refractivity contribution in [2.45, 2.75) is 6.61 Å². The Bertz CT molecular complexity index is 1050. The van der Waals surface area contributed by atoms with E-state index in [0.29, 0.717) is 12.0 Å². The molecule has 0 saturated carbocycles. The lowest BCUT2D eigenvalue weighted by atomic mass is 10.0. The van der Waals surface area contributed by atoms with Gasteiger partial charge in [-0.05, 0) is 17.2 Å². The summed E-state index contributed by atoms with van der Waals surface area (Å²) in [5.74, 6) is 0.249. The molecule has 4 rings (SSSR count). The predicted octanol–water partition coefficient (Wildman–Crippen LogP) is 5.04. The lowest BCUT2D eigenvalue weighted by Gasteiger charge is -2.12. The third-order valence-corrected chi connectivity index (χ3v) is 4.08. The van der Waals surface area contributed by atoms with Gasteiger partial charge in [-0.1, -0.05) is 78.9 Å². The van der Waals surface area contributed by atoms with Crippen LogP contribution < -0.4 is 10.4 Å². The number of ether oxygens (including phenoxy) is 1. The van der Waals surface area contributed by atoms with Gasteiger partial charge in [-0.3, -0.25) is 0 Å². The molecule has 0 N–H and O–H groups in total. The molecule has 0 aliphatic rings. The third-order valence-electron chi connectivity index (χ3n) is 4.08. The van der Waals surface area contributed by atoms with E-state index in [2.05, 4.69) is 0 Å². The Morgan fingerprint density at radius 3 is 2.04 bits per heavy atom. The van der Waals surface area contributed by atoms with Crippen LogP contribution in [0, 0.1) is 0 Å². The topological polar surface area (TPSA) is 39.4 Å². The molecule has 25 heavy (non-hydrogen) atoms. The standard InChI is InChI=1S/C22H16O3/c23-21-19-14-8-7-13-18(19)20(17-11-5-2-6-12-17)22(25-21)24-15-16-9-3-1-4-10-16/h1-14H,15H2. The van der Waals surface area contributed by atoms with Crippen molar-refractivity contribution in [2.75, 3.05) is 0 Å². The van der Waals surface area contributed by atoms with Crippen LogP contribution in [-0.2, 0) is 6.61 Å². The summed E-state index contributed by atoms with van der Waals surface area (Å²) in [6, 6.07) is 27.1. The second-order valence-electron chi connectivity index (χ2n) is 5.74. The average molecular weight is 328 g/mol. The highest BCUT2D eigenvalue weighted by Crippen LogP contribution is 2.35. The Labute approximate surface area is 145 Å². The molecule has 1 heterocycles. The summed E-state index contributed by atoms with van der Waals surface area (Å²) in [4.78, 5) is 12.3. The fourth-order valence-electron chi connectivity index (χ4n) is 2.88. The SMILES string of the molecule is O=c1oc(OCc2ccccc2)c(-c2ccccc2)c2ccccc12. The molecule has 0 aliphatic carbocycles. The van der Waals surface area contributed by atoms with Crippen molar-refractivity contribution < 1.29 is 9.15 Å². The van der Waals surface area contributed by atoms with Crippen LogP contribution in [0.15, 0.2) is 94.1 Å². The van der Waals surface area contributed by atoms with Gasteiger partial charge < -0.3 is 9.15 Å². The zero-order valence-electron chi connectivity index (χ0n) is 13.5. The predicted molar refractivity (Wildman–Crippen MR) is 98.7 cm³/mol. The van der Waals surface area contributed by atoms with Crippen LogP contribution in [0.2, 0.25) is 0 Å².